The average Bonchev–Trinajstić information content (AvgIpc) is 2.60. The molecule has 2 aromatic carbocycles. The molecule has 0 saturated heterocycles. The second kappa shape index (κ2) is 9.64. The van der Waals surface area contributed by atoms with Crippen molar-refractivity contribution in [1.29, 1.82) is 0 Å². The summed E-state index contributed by atoms with van der Waals surface area (Å²) in [6.45, 7) is 9.11. The van der Waals surface area contributed by atoms with Crippen LogP contribution in [-0.4, -0.2) is 8.07 Å². The number of benzene rings is 2. The standard InChI is InChI=1S/C21H32O2Si.Ni/c1-5-9-10-16-11-12-17(15-24(6-2,7-3)8-4)19-14-21(23)20(22)13-18(16)19;/h11-14,22-23H,5-10,15H2,1-4H3;/q;+2/p-2. The van der Waals surface area contributed by atoms with Gasteiger partial charge in [0.15, 0.2) is 0 Å². The van der Waals surface area contributed by atoms with E-state index in [0.29, 0.717) is 0 Å². The number of aryl methyl sites for hydroxylation is 1. The molecule has 0 bridgehead atoms. The summed E-state index contributed by atoms with van der Waals surface area (Å²) in [7, 11) is -1.33. The molecule has 25 heavy (non-hydrogen) atoms. The van der Waals surface area contributed by atoms with Gasteiger partial charge in [-0.3, -0.25) is 0 Å². The molecule has 2 nitrogen and oxygen atoms in total. The van der Waals surface area contributed by atoms with Gasteiger partial charge in [-0.2, -0.15) is 0 Å². The van der Waals surface area contributed by atoms with Crippen LogP contribution in [0.15, 0.2) is 24.3 Å². The van der Waals surface area contributed by atoms with Gasteiger partial charge >= 0.3 is 16.5 Å². The zero-order chi connectivity index (χ0) is 17.7. The van der Waals surface area contributed by atoms with E-state index < -0.39 is 8.07 Å². The molecule has 140 valence electrons. The van der Waals surface area contributed by atoms with Crippen molar-refractivity contribution in [2.75, 3.05) is 0 Å². The van der Waals surface area contributed by atoms with E-state index in [0.717, 1.165) is 36.1 Å². The zero-order valence-electron chi connectivity index (χ0n) is 15.9. The van der Waals surface area contributed by atoms with Gasteiger partial charge in [0, 0.05) is 0 Å². The van der Waals surface area contributed by atoms with Crippen molar-refractivity contribution in [3.05, 3.63) is 35.4 Å². The van der Waals surface area contributed by atoms with Crippen LogP contribution in [0.5, 0.6) is 11.5 Å². The van der Waals surface area contributed by atoms with Crippen molar-refractivity contribution in [3.63, 3.8) is 0 Å². The summed E-state index contributed by atoms with van der Waals surface area (Å²) in [6.07, 6.45) is 3.22. The van der Waals surface area contributed by atoms with Crippen molar-refractivity contribution in [2.24, 2.45) is 0 Å². The van der Waals surface area contributed by atoms with E-state index in [1.807, 2.05) is 0 Å². The normalized spacial score (nSPS) is 11.5. The van der Waals surface area contributed by atoms with Crippen molar-refractivity contribution in [1.82, 2.24) is 0 Å². The summed E-state index contributed by atoms with van der Waals surface area (Å²) in [5, 5.41) is 25.9. The fourth-order valence-corrected chi connectivity index (χ4v) is 7.11. The van der Waals surface area contributed by atoms with Crippen LogP contribution in [0.25, 0.3) is 10.8 Å². The van der Waals surface area contributed by atoms with Gasteiger partial charge in [0.25, 0.3) is 0 Å². The van der Waals surface area contributed by atoms with E-state index in [2.05, 4.69) is 39.8 Å². The SMILES string of the molecule is CCCCc1ccc(C[Si](CC)(CC)CC)c2cc([O-])c([O-])cc12.[Ni+2]. The summed E-state index contributed by atoms with van der Waals surface area (Å²) in [4.78, 5) is 0. The number of fused-ring (bicyclic) bond motifs is 1. The molecule has 0 spiro atoms. The van der Waals surface area contributed by atoms with E-state index in [9.17, 15) is 10.2 Å². The van der Waals surface area contributed by atoms with Crippen LogP contribution in [0.2, 0.25) is 18.1 Å². The minimum atomic E-state index is -1.33. The Bertz CT molecular complexity index is 688. The largest absolute Gasteiger partial charge is 2.00 e. The molecule has 4 heteroatoms. The van der Waals surface area contributed by atoms with Crippen molar-refractivity contribution in [3.8, 4) is 11.5 Å². The maximum Gasteiger partial charge on any atom is 2.00 e. The first kappa shape index (κ1) is 22.1. The van der Waals surface area contributed by atoms with Crippen LogP contribution < -0.4 is 10.2 Å². The van der Waals surface area contributed by atoms with E-state index >= 15 is 0 Å². The summed E-state index contributed by atoms with van der Waals surface area (Å²) in [5.41, 5.74) is 2.49. The Morgan fingerprint density at radius 1 is 0.800 bits per heavy atom. The minimum absolute atomic E-state index is 0. The van der Waals surface area contributed by atoms with Gasteiger partial charge in [-0.25, -0.2) is 0 Å². The van der Waals surface area contributed by atoms with Gasteiger partial charge in [0.2, 0.25) is 0 Å². The van der Waals surface area contributed by atoms with E-state index in [1.165, 1.54) is 29.3 Å². The molecule has 0 aromatic heterocycles. The molecular formula is C21H30NiO2Si. The fourth-order valence-electron chi connectivity index (χ4n) is 3.74. The van der Waals surface area contributed by atoms with Crippen LogP contribution >= 0.6 is 0 Å². The first-order chi connectivity index (χ1) is 11.5. The monoisotopic (exact) mass is 400 g/mol. The number of hydrogen-bond donors (Lipinski definition) is 0. The van der Waals surface area contributed by atoms with E-state index in [-0.39, 0.29) is 28.0 Å². The first-order valence-electron chi connectivity index (χ1n) is 9.42. The van der Waals surface area contributed by atoms with E-state index in [4.69, 9.17) is 0 Å². The van der Waals surface area contributed by atoms with Gasteiger partial charge in [-0.05, 0) is 40.8 Å². The van der Waals surface area contributed by atoms with Gasteiger partial charge in [-0.15, -0.1) is 11.5 Å². The molecular weight excluding hydrogens is 371 g/mol. The number of rotatable bonds is 8. The van der Waals surface area contributed by atoms with E-state index in [1.54, 1.807) is 12.1 Å². The van der Waals surface area contributed by atoms with Crippen LogP contribution in [0.1, 0.15) is 51.7 Å². The molecule has 0 heterocycles. The second-order valence-electron chi connectivity index (χ2n) is 7.07. The third-order valence-electron chi connectivity index (χ3n) is 5.88. The number of unbranched alkanes of at least 4 members (excludes halogenated alkanes) is 1. The third kappa shape index (κ3) is 4.80. The quantitative estimate of drug-likeness (QED) is 0.590. The Hall–Kier alpha value is -0.990. The predicted molar refractivity (Wildman–Crippen MR) is 102 cm³/mol. The molecule has 0 aliphatic heterocycles. The molecule has 0 aliphatic rings. The smallest absolute Gasteiger partial charge is 0.873 e. The Morgan fingerprint density at radius 3 is 1.76 bits per heavy atom. The zero-order valence-corrected chi connectivity index (χ0v) is 17.9. The van der Waals surface area contributed by atoms with Gasteiger partial charge in [0.1, 0.15) is 0 Å². The Kier molecular flexibility index (Phi) is 8.50. The summed E-state index contributed by atoms with van der Waals surface area (Å²) in [5.74, 6) is -0.740. The molecule has 0 unspecified atom stereocenters. The van der Waals surface area contributed by atoms with Crippen molar-refractivity contribution in [2.45, 2.75) is 71.1 Å². The number of hydrogen-bond acceptors (Lipinski definition) is 2. The molecule has 0 radical (unpaired) electrons. The molecule has 0 N–H and O–H groups in total. The molecule has 0 atom stereocenters. The minimum Gasteiger partial charge on any atom is -0.873 e. The first-order valence-corrected chi connectivity index (χ1v) is 12.3. The van der Waals surface area contributed by atoms with Crippen LogP contribution in [0.3, 0.4) is 0 Å². The second-order valence-corrected chi connectivity index (χ2v) is 12.5. The maximum atomic E-state index is 12.0. The summed E-state index contributed by atoms with van der Waals surface area (Å²) >= 11 is 0. The predicted octanol–water partition coefficient (Wildman–Crippen LogP) is 4.92. The third-order valence-corrected chi connectivity index (χ3v) is 11.5. The summed E-state index contributed by atoms with van der Waals surface area (Å²) in [6, 6.07) is 12.5. The maximum absolute atomic E-state index is 12.0. The Morgan fingerprint density at radius 2 is 1.28 bits per heavy atom. The van der Waals surface area contributed by atoms with Gasteiger partial charge in [0.05, 0.1) is 8.07 Å². The summed E-state index contributed by atoms with van der Waals surface area (Å²) < 4.78 is 0. The Balaban J connectivity index is 0.00000312. The molecule has 0 amide bonds. The molecule has 0 saturated carbocycles. The molecule has 0 fully saturated rings. The molecule has 2 rings (SSSR count). The van der Waals surface area contributed by atoms with Crippen LogP contribution in [0, 0.1) is 0 Å². The Labute approximate surface area is 163 Å². The molecule has 0 aliphatic carbocycles. The fraction of sp³-hybridized carbons (Fsp3) is 0.524. The molecule has 2 aromatic rings. The average molecular weight is 401 g/mol. The topological polar surface area (TPSA) is 46.1 Å². The van der Waals surface area contributed by atoms with Crippen molar-refractivity contribution < 1.29 is 26.7 Å². The van der Waals surface area contributed by atoms with Crippen LogP contribution in [-0.2, 0) is 29.0 Å². The van der Waals surface area contributed by atoms with Crippen molar-refractivity contribution >= 4 is 18.8 Å². The van der Waals surface area contributed by atoms with Gasteiger partial charge in [-0.1, -0.05) is 76.5 Å². The van der Waals surface area contributed by atoms with Crippen LogP contribution in [0.4, 0.5) is 0 Å². The van der Waals surface area contributed by atoms with Gasteiger partial charge < -0.3 is 10.2 Å².